The van der Waals surface area contributed by atoms with Crippen molar-refractivity contribution in [1.29, 1.82) is 0 Å². The van der Waals surface area contributed by atoms with Crippen molar-refractivity contribution in [3.05, 3.63) is 29.8 Å². The molecular weight excluding hydrogens is 274 g/mol. The molecule has 2 aliphatic rings. The molecule has 0 amide bonds. The van der Waals surface area contributed by atoms with E-state index in [1.165, 1.54) is 37.9 Å². The number of hydrogen-bond donors (Lipinski definition) is 1. The first-order chi connectivity index (χ1) is 10.9. The summed E-state index contributed by atoms with van der Waals surface area (Å²) in [7, 11) is 0. The van der Waals surface area contributed by atoms with E-state index in [4.69, 9.17) is 4.74 Å². The Morgan fingerprint density at radius 3 is 2.32 bits per heavy atom. The lowest BCUT2D eigenvalue weighted by Crippen LogP contribution is -2.42. The van der Waals surface area contributed by atoms with Gasteiger partial charge in [0.15, 0.2) is 0 Å². The lowest BCUT2D eigenvalue weighted by Gasteiger charge is -2.27. The van der Waals surface area contributed by atoms with Gasteiger partial charge in [-0.2, -0.15) is 0 Å². The standard InChI is InChI=1S/C18H29N3O/c1-2-10-20(11-3-1)14-15-22-18-6-4-17(5-7-18)16-21-12-8-19-9-13-21/h4-7,19H,1-3,8-16H2. The number of piperazine rings is 1. The maximum absolute atomic E-state index is 5.89. The molecule has 2 heterocycles. The zero-order valence-electron chi connectivity index (χ0n) is 13.6. The number of piperidine rings is 1. The van der Waals surface area contributed by atoms with Crippen LogP contribution in [0, 0.1) is 0 Å². The summed E-state index contributed by atoms with van der Waals surface area (Å²) in [6.07, 6.45) is 4.09. The first-order valence-corrected chi connectivity index (χ1v) is 8.77. The van der Waals surface area contributed by atoms with Gasteiger partial charge in [-0.25, -0.2) is 0 Å². The third kappa shape index (κ3) is 4.97. The largest absolute Gasteiger partial charge is 0.492 e. The Balaban J connectivity index is 1.39. The van der Waals surface area contributed by atoms with Crippen LogP contribution in [-0.4, -0.2) is 62.2 Å². The summed E-state index contributed by atoms with van der Waals surface area (Å²) in [5.74, 6) is 1.00. The minimum absolute atomic E-state index is 0.803. The van der Waals surface area contributed by atoms with E-state index in [2.05, 4.69) is 39.4 Å². The van der Waals surface area contributed by atoms with E-state index in [1.807, 2.05) is 0 Å². The highest BCUT2D eigenvalue weighted by molar-refractivity contribution is 5.27. The lowest BCUT2D eigenvalue weighted by molar-refractivity contribution is 0.183. The number of nitrogens with one attached hydrogen (secondary N) is 1. The Bertz CT molecular complexity index is 422. The van der Waals surface area contributed by atoms with Crippen molar-refractivity contribution < 1.29 is 4.74 Å². The molecule has 1 aromatic carbocycles. The third-order valence-electron chi connectivity index (χ3n) is 4.66. The van der Waals surface area contributed by atoms with Gasteiger partial charge in [0.1, 0.15) is 12.4 Å². The fourth-order valence-electron chi connectivity index (χ4n) is 3.29. The van der Waals surface area contributed by atoms with Crippen LogP contribution >= 0.6 is 0 Å². The Morgan fingerprint density at radius 1 is 0.864 bits per heavy atom. The Hall–Kier alpha value is -1.10. The van der Waals surface area contributed by atoms with Crippen LogP contribution in [0.2, 0.25) is 0 Å². The molecule has 0 bridgehead atoms. The first-order valence-electron chi connectivity index (χ1n) is 8.77. The van der Waals surface area contributed by atoms with E-state index in [-0.39, 0.29) is 0 Å². The highest BCUT2D eigenvalue weighted by Crippen LogP contribution is 2.14. The number of hydrogen-bond acceptors (Lipinski definition) is 4. The van der Waals surface area contributed by atoms with Crippen molar-refractivity contribution in [1.82, 2.24) is 15.1 Å². The first kappa shape index (κ1) is 15.8. The number of likely N-dealkylation sites (tertiary alicyclic amines) is 1. The van der Waals surface area contributed by atoms with Crippen LogP contribution in [0.4, 0.5) is 0 Å². The molecule has 3 rings (SSSR count). The molecule has 0 radical (unpaired) electrons. The van der Waals surface area contributed by atoms with E-state index >= 15 is 0 Å². The van der Waals surface area contributed by atoms with Gasteiger partial charge in [0.25, 0.3) is 0 Å². The van der Waals surface area contributed by atoms with Crippen molar-refractivity contribution in [3.8, 4) is 5.75 Å². The van der Waals surface area contributed by atoms with Crippen LogP contribution in [0.15, 0.2) is 24.3 Å². The van der Waals surface area contributed by atoms with Crippen molar-refractivity contribution in [3.63, 3.8) is 0 Å². The summed E-state index contributed by atoms with van der Waals surface area (Å²) in [5, 5.41) is 3.39. The molecule has 4 heteroatoms. The van der Waals surface area contributed by atoms with Gasteiger partial charge in [-0.3, -0.25) is 9.80 Å². The molecule has 4 nitrogen and oxygen atoms in total. The second kappa shape index (κ2) is 8.51. The topological polar surface area (TPSA) is 27.7 Å². The van der Waals surface area contributed by atoms with E-state index in [9.17, 15) is 0 Å². The highest BCUT2D eigenvalue weighted by Gasteiger charge is 2.11. The smallest absolute Gasteiger partial charge is 0.119 e. The summed E-state index contributed by atoms with van der Waals surface area (Å²) >= 11 is 0. The average Bonchev–Trinajstić information content (AvgIpc) is 2.58. The monoisotopic (exact) mass is 303 g/mol. The molecule has 0 spiro atoms. The van der Waals surface area contributed by atoms with Crippen molar-refractivity contribution in [2.45, 2.75) is 25.8 Å². The van der Waals surface area contributed by atoms with Crippen LogP contribution in [-0.2, 0) is 6.54 Å². The lowest BCUT2D eigenvalue weighted by atomic mass is 10.1. The predicted molar refractivity (Wildman–Crippen MR) is 90.4 cm³/mol. The number of rotatable bonds is 6. The Morgan fingerprint density at radius 2 is 1.59 bits per heavy atom. The van der Waals surface area contributed by atoms with Gasteiger partial charge in [0, 0.05) is 39.3 Å². The van der Waals surface area contributed by atoms with Crippen LogP contribution in [0.25, 0.3) is 0 Å². The van der Waals surface area contributed by atoms with Crippen LogP contribution in [0.3, 0.4) is 0 Å². The predicted octanol–water partition coefficient (Wildman–Crippen LogP) is 1.96. The average molecular weight is 303 g/mol. The van der Waals surface area contributed by atoms with Crippen molar-refractivity contribution in [2.75, 3.05) is 52.4 Å². The molecule has 0 unspecified atom stereocenters. The Labute approximate surface area is 134 Å². The normalized spacial score (nSPS) is 20.9. The quantitative estimate of drug-likeness (QED) is 0.869. The fourth-order valence-corrected chi connectivity index (χ4v) is 3.29. The SMILES string of the molecule is c1cc(OCCN2CCCCC2)ccc1CN1CCNCC1. The maximum atomic E-state index is 5.89. The highest BCUT2D eigenvalue weighted by atomic mass is 16.5. The van der Waals surface area contributed by atoms with Gasteiger partial charge in [0.05, 0.1) is 0 Å². The zero-order chi connectivity index (χ0) is 15.0. The molecule has 2 saturated heterocycles. The maximum Gasteiger partial charge on any atom is 0.119 e. The summed E-state index contributed by atoms with van der Waals surface area (Å²) in [6, 6.07) is 8.65. The molecule has 2 fully saturated rings. The van der Waals surface area contributed by atoms with Crippen molar-refractivity contribution >= 4 is 0 Å². The van der Waals surface area contributed by atoms with E-state index in [0.717, 1.165) is 51.6 Å². The summed E-state index contributed by atoms with van der Waals surface area (Å²) < 4.78 is 5.89. The molecule has 0 saturated carbocycles. The third-order valence-corrected chi connectivity index (χ3v) is 4.66. The van der Waals surface area contributed by atoms with Gasteiger partial charge in [-0.05, 0) is 43.6 Å². The summed E-state index contributed by atoms with van der Waals surface area (Å²) in [4.78, 5) is 5.02. The van der Waals surface area contributed by atoms with Gasteiger partial charge >= 0.3 is 0 Å². The molecule has 22 heavy (non-hydrogen) atoms. The molecule has 0 aliphatic carbocycles. The molecular formula is C18H29N3O. The minimum atomic E-state index is 0.803. The summed E-state index contributed by atoms with van der Waals surface area (Å²) in [5.41, 5.74) is 1.38. The molecule has 0 aromatic heterocycles. The van der Waals surface area contributed by atoms with Gasteiger partial charge in [0.2, 0.25) is 0 Å². The zero-order valence-corrected chi connectivity index (χ0v) is 13.6. The fraction of sp³-hybridized carbons (Fsp3) is 0.667. The molecule has 0 atom stereocenters. The van der Waals surface area contributed by atoms with Gasteiger partial charge in [-0.15, -0.1) is 0 Å². The number of benzene rings is 1. The minimum Gasteiger partial charge on any atom is -0.492 e. The summed E-state index contributed by atoms with van der Waals surface area (Å²) in [6.45, 7) is 9.91. The molecule has 122 valence electrons. The van der Waals surface area contributed by atoms with Crippen LogP contribution in [0.1, 0.15) is 24.8 Å². The van der Waals surface area contributed by atoms with Crippen LogP contribution in [0.5, 0.6) is 5.75 Å². The second-order valence-electron chi connectivity index (χ2n) is 6.42. The number of nitrogens with zero attached hydrogens (tertiary/aromatic N) is 2. The number of ether oxygens (including phenoxy) is 1. The van der Waals surface area contributed by atoms with Crippen molar-refractivity contribution in [2.24, 2.45) is 0 Å². The van der Waals surface area contributed by atoms with Crippen LogP contribution < -0.4 is 10.1 Å². The van der Waals surface area contributed by atoms with Gasteiger partial charge < -0.3 is 10.1 Å². The van der Waals surface area contributed by atoms with Gasteiger partial charge in [-0.1, -0.05) is 18.6 Å². The van der Waals surface area contributed by atoms with E-state index in [1.54, 1.807) is 0 Å². The molecule has 1 aromatic rings. The van der Waals surface area contributed by atoms with E-state index < -0.39 is 0 Å². The Kier molecular flexibility index (Phi) is 6.11. The second-order valence-corrected chi connectivity index (χ2v) is 6.42. The molecule has 2 aliphatic heterocycles. The molecule has 1 N–H and O–H groups in total. The van der Waals surface area contributed by atoms with E-state index in [0.29, 0.717) is 0 Å².